The fraction of sp³-hybridized carbons (Fsp3) is 1.00. The van der Waals surface area contributed by atoms with E-state index in [1.807, 2.05) is 13.8 Å². The molecule has 0 aromatic heterocycles. The van der Waals surface area contributed by atoms with Crippen LogP contribution in [0.15, 0.2) is 0 Å². The first-order valence-corrected chi connectivity index (χ1v) is 3.73. The highest BCUT2D eigenvalue weighted by Gasteiger charge is 1.88. The number of nitrogens with one attached hydrogen (secondary N) is 1. The fourth-order valence-electron chi connectivity index (χ4n) is 0.332. The lowest BCUT2D eigenvalue weighted by molar-refractivity contribution is 0.669. The van der Waals surface area contributed by atoms with Gasteiger partial charge in [-0.15, -0.1) is 0 Å². The molecule has 0 rings (SSSR count). The Morgan fingerprint density at radius 3 is 2.14 bits per heavy atom. The minimum absolute atomic E-state index is 0.404. The van der Waals surface area contributed by atoms with Crippen molar-refractivity contribution in [1.29, 1.82) is 4.78 Å². The molecule has 0 heterocycles. The molecule has 0 amide bonds. The summed E-state index contributed by atoms with van der Waals surface area (Å²) in [6.45, 7) is 3.92. The molecule has 1 unspecified atom stereocenters. The molecular formula is C4H11NOS. The highest BCUT2D eigenvalue weighted by Crippen LogP contribution is 1.89. The molecule has 1 atom stereocenters. The van der Waals surface area contributed by atoms with Gasteiger partial charge < -0.3 is 0 Å². The Bertz CT molecular complexity index is 98.3. The van der Waals surface area contributed by atoms with Crippen molar-refractivity contribution >= 4 is 10.6 Å². The molecule has 2 nitrogen and oxygen atoms in total. The van der Waals surface area contributed by atoms with Gasteiger partial charge in [0, 0.05) is 16.3 Å². The number of hydrogen-bond donors (Lipinski definition) is 2. The summed E-state index contributed by atoms with van der Waals surface area (Å²) in [5, 5.41) is 0. The van der Waals surface area contributed by atoms with E-state index in [1.54, 1.807) is 0 Å². The van der Waals surface area contributed by atoms with E-state index in [0.717, 1.165) is 0 Å². The van der Waals surface area contributed by atoms with Gasteiger partial charge in [0.25, 0.3) is 0 Å². The van der Waals surface area contributed by atoms with Gasteiger partial charge in [-0.1, -0.05) is 13.8 Å². The van der Waals surface area contributed by atoms with Gasteiger partial charge in [0.15, 0.2) is 0 Å². The highest BCUT2D eigenvalue weighted by atomic mass is 32.2. The molecule has 0 aliphatic carbocycles. The Hall–Kier alpha value is -0.0500. The van der Waals surface area contributed by atoms with Crippen molar-refractivity contribution < 1.29 is 4.21 Å². The monoisotopic (exact) mass is 121 g/mol. The number of thiol groups is 1. The van der Waals surface area contributed by atoms with E-state index in [1.165, 1.54) is 0 Å². The van der Waals surface area contributed by atoms with E-state index in [4.69, 9.17) is 4.78 Å². The molecule has 0 aromatic rings. The quantitative estimate of drug-likeness (QED) is 0.523. The minimum Gasteiger partial charge on any atom is -0.255 e. The van der Waals surface area contributed by atoms with E-state index in [2.05, 4.69) is 0 Å². The number of rotatable bonds is 2. The van der Waals surface area contributed by atoms with Crippen molar-refractivity contribution in [3.05, 3.63) is 0 Å². The van der Waals surface area contributed by atoms with Crippen LogP contribution in [-0.4, -0.2) is 9.96 Å². The first-order valence-electron chi connectivity index (χ1n) is 2.29. The average molecular weight is 121 g/mol. The van der Waals surface area contributed by atoms with Crippen molar-refractivity contribution in [2.24, 2.45) is 5.92 Å². The Balaban J connectivity index is 3.32. The van der Waals surface area contributed by atoms with E-state index in [9.17, 15) is 4.21 Å². The van der Waals surface area contributed by atoms with Crippen LogP contribution < -0.4 is 0 Å². The Morgan fingerprint density at radius 1 is 1.71 bits per heavy atom. The summed E-state index contributed by atoms with van der Waals surface area (Å²) in [4.78, 5) is 0. The largest absolute Gasteiger partial charge is 0.255 e. The molecule has 0 saturated carbocycles. The second-order valence-corrected chi connectivity index (χ2v) is 3.08. The van der Waals surface area contributed by atoms with Crippen LogP contribution >= 0.6 is 0 Å². The van der Waals surface area contributed by atoms with Crippen LogP contribution in [0, 0.1) is 10.7 Å². The van der Waals surface area contributed by atoms with Gasteiger partial charge in [0.2, 0.25) is 0 Å². The molecule has 3 heteroatoms. The maximum absolute atomic E-state index is 10.1. The molecule has 0 spiro atoms. The first kappa shape index (κ1) is 6.95. The Labute approximate surface area is 45.9 Å². The molecule has 0 aromatic carbocycles. The summed E-state index contributed by atoms with van der Waals surface area (Å²) in [5.41, 5.74) is 0. The standard InChI is InChI=1S/C4H11NOS/c1-4(2)3-7(5)6/h4-5,7H,3H2,1-2H3. The van der Waals surface area contributed by atoms with Crippen molar-refractivity contribution in [1.82, 2.24) is 0 Å². The van der Waals surface area contributed by atoms with Crippen LogP contribution in [0.25, 0.3) is 0 Å². The van der Waals surface area contributed by atoms with Gasteiger partial charge in [0.1, 0.15) is 0 Å². The third kappa shape index (κ3) is 5.95. The van der Waals surface area contributed by atoms with Crippen molar-refractivity contribution in [3.63, 3.8) is 0 Å². The van der Waals surface area contributed by atoms with Crippen molar-refractivity contribution in [3.8, 4) is 0 Å². The molecule has 0 aliphatic rings. The second-order valence-electron chi connectivity index (χ2n) is 1.95. The normalized spacial score (nSPS) is 14.7. The van der Waals surface area contributed by atoms with E-state index >= 15 is 0 Å². The lowest BCUT2D eigenvalue weighted by atomic mass is 10.3. The van der Waals surface area contributed by atoms with Gasteiger partial charge in [-0.3, -0.25) is 8.99 Å². The maximum atomic E-state index is 10.1. The third-order valence-corrected chi connectivity index (χ3v) is 1.59. The topological polar surface area (TPSA) is 40.9 Å². The SMILES string of the molecule is CC(C)C[SH](=N)=O. The molecule has 0 aliphatic heterocycles. The summed E-state index contributed by atoms with van der Waals surface area (Å²) >= 11 is 0. The number of hydrogen-bond acceptors (Lipinski definition) is 2. The van der Waals surface area contributed by atoms with E-state index in [0.29, 0.717) is 11.7 Å². The van der Waals surface area contributed by atoms with Gasteiger partial charge in [-0.05, 0) is 5.92 Å². The summed E-state index contributed by atoms with van der Waals surface area (Å²) in [6.07, 6.45) is 0. The van der Waals surface area contributed by atoms with E-state index < -0.39 is 10.6 Å². The average Bonchev–Trinajstić information content (AvgIpc) is 1.27. The van der Waals surface area contributed by atoms with Crippen LogP contribution in [0.4, 0.5) is 0 Å². The van der Waals surface area contributed by atoms with Crippen LogP contribution in [-0.2, 0) is 10.6 Å². The summed E-state index contributed by atoms with van der Waals surface area (Å²) in [5.74, 6) is 0.941. The minimum atomic E-state index is -1.64. The summed E-state index contributed by atoms with van der Waals surface area (Å²) < 4.78 is 16.7. The lowest BCUT2D eigenvalue weighted by Crippen LogP contribution is -1.94. The smallest absolute Gasteiger partial charge is 0.0333 e. The van der Waals surface area contributed by atoms with Gasteiger partial charge >= 0.3 is 0 Å². The lowest BCUT2D eigenvalue weighted by Gasteiger charge is -1.92. The molecule has 1 N–H and O–H groups in total. The van der Waals surface area contributed by atoms with Gasteiger partial charge in [0.05, 0.1) is 0 Å². The molecule has 0 saturated heterocycles. The molecule has 44 valence electrons. The van der Waals surface area contributed by atoms with Crippen LogP contribution in [0.2, 0.25) is 0 Å². The van der Waals surface area contributed by atoms with Crippen LogP contribution in [0.1, 0.15) is 13.8 Å². The van der Waals surface area contributed by atoms with Crippen molar-refractivity contribution in [2.75, 3.05) is 5.75 Å². The Kier molecular flexibility index (Phi) is 3.00. The summed E-state index contributed by atoms with van der Waals surface area (Å²) in [6, 6.07) is 0. The summed E-state index contributed by atoms with van der Waals surface area (Å²) in [7, 11) is -1.64. The zero-order valence-corrected chi connectivity index (χ0v) is 5.53. The maximum Gasteiger partial charge on any atom is 0.0333 e. The van der Waals surface area contributed by atoms with Crippen LogP contribution in [0.3, 0.4) is 0 Å². The molecule has 0 bridgehead atoms. The molecular weight excluding hydrogens is 110 g/mol. The van der Waals surface area contributed by atoms with Crippen molar-refractivity contribution in [2.45, 2.75) is 13.8 Å². The first-order chi connectivity index (χ1) is 3.13. The van der Waals surface area contributed by atoms with Gasteiger partial charge in [-0.25, -0.2) is 0 Å². The molecule has 7 heavy (non-hydrogen) atoms. The van der Waals surface area contributed by atoms with E-state index in [-0.39, 0.29) is 0 Å². The Morgan fingerprint density at radius 2 is 2.14 bits per heavy atom. The molecule has 0 fully saturated rings. The predicted molar refractivity (Wildman–Crippen MR) is 32.0 cm³/mol. The van der Waals surface area contributed by atoms with Crippen LogP contribution in [0.5, 0.6) is 0 Å². The fourth-order valence-corrected chi connectivity index (χ4v) is 0.995. The molecule has 0 radical (unpaired) electrons. The third-order valence-electron chi connectivity index (χ3n) is 0.531. The zero-order valence-electron chi connectivity index (χ0n) is 4.64. The highest BCUT2D eigenvalue weighted by molar-refractivity contribution is 7.73. The van der Waals surface area contributed by atoms with Gasteiger partial charge in [-0.2, -0.15) is 0 Å². The predicted octanol–water partition coefficient (Wildman–Crippen LogP) is 0.886. The zero-order chi connectivity index (χ0) is 5.86. The second kappa shape index (κ2) is 3.02.